The predicted molar refractivity (Wildman–Crippen MR) is 112 cm³/mol. The van der Waals surface area contributed by atoms with Crippen LogP contribution in [-0.2, 0) is 13.0 Å². The van der Waals surface area contributed by atoms with Gasteiger partial charge in [0.15, 0.2) is 5.78 Å². The zero-order valence-electron chi connectivity index (χ0n) is 16.4. The second-order valence-electron chi connectivity index (χ2n) is 6.79. The third kappa shape index (κ3) is 5.57. The summed E-state index contributed by atoms with van der Waals surface area (Å²) >= 11 is 6.08. The number of hydrogen-bond acceptors (Lipinski definition) is 2. The van der Waals surface area contributed by atoms with Crippen LogP contribution < -0.4 is 10.6 Å². The van der Waals surface area contributed by atoms with E-state index in [0.717, 1.165) is 35.1 Å². The lowest BCUT2D eigenvalue weighted by Gasteiger charge is -2.14. The molecule has 0 saturated heterocycles. The molecule has 144 valence electrons. The molecule has 0 saturated carbocycles. The van der Waals surface area contributed by atoms with Gasteiger partial charge in [-0.2, -0.15) is 0 Å². The van der Waals surface area contributed by atoms with Gasteiger partial charge in [0, 0.05) is 28.7 Å². The molecule has 2 amide bonds. The SMILES string of the molecule is CCc1cc(CNC(=O)Nc2ccc(C)c(Cl)c2)ccc1C(=O)C(C)CC. The average molecular weight is 387 g/mol. The van der Waals surface area contributed by atoms with E-state index in [9.17, 15) is 9.59 Å². The van der Waals surface area contributed by atoms with E-state index < -0.39 is 0 Å². The summed E-state index contributed by atoms with van der Waals surface area (Å²) in [5.74, 6) is 0.203. The molecule has 5 heteroatoms. The van der Waals surface area contributed by atoms with E-state index in [4.69, 9.17) is 11.6 Å². The average Bonchev–Trinajstić information content (AvgIpc) is 2.67. The Bertz CT molecular complexity index is 833. The fourth-order valence-corrected chi connectivity index (χ4v) is 2.95. The lowest BCUT2D eigenvalue weighted by Crippen LogP contribution is -2.28. The molecule has 0 aliphatic heterocycles. The van der Waals surface area contributed by atoms with Crippen LogP contribution in [0.25, 0.3) is 0 Å². The molecule has 4 nitrogen and oxygen atoms in total. The molecule has 0 aliphatic carbocycles. The summed E-state index contributed by atoms with van der Waals surface area (Å²) in [6.07, 6.45) is 1.61. The number of carbonyl (C=O) groups is 2. The van der Waals surface area contributed by atoms with Crippen LogP contribution in [-0.4, -0.2) is 11.8 Å². The van der Waals surface area contributed by atoms with Gasteiger partial charge in [0.25, 0.3) is 0 Å². The Morgan fingerprint density at radius 3 is 2.48 bits per heavy atom. The summed E-state index contributed by atoms with van der Waals surface area (Å²) in [7, 11) is 0. The number of aryl methyl sites for hydroxylation is 2. The van der Waals surface area contributed by atoms with E-state index in [1.807, 2.05) is 58.0 Å². The summed E-state index contributed by atoms with van der Waals surface area (Å²) in [5, 5.41) is 6.22. The van der Waals surface area contributed by atoms with Crippen molar-refractivity contribution in [2.24, 2.45) is 5.92 Å². The lowest BCUT2D eigenvalue weighted by molar-refractivity contribution is 0.0926. The molecular weight excluding hydrogens is 360 g/mol. The Hall–Kier alpha value is -2.33. The Kier molecular flexibility index (Phi) is 7.43. The number of urea groups is 1. The second-order valence-corrected chi connectivity index (χ2v) is 7.20. The van der Waals surface area contributed by atoms with Crippen molar-refractivity contribution in [1.82, 2.24) is 5.32 Å². The molecule has 2 aromatic rings. The third-order valence-electron chi connectivity index (χ3n) is 4.76. The van der Waals surface area contributed by atoms with Gasteiger partial charge in [-0.1, -0.05) is 56.6 Å². The van der Waals surface area contributed by atoms with Crippen molar-refractivity contribution in [2.45, 2.75) is 47.1 Å². The van der Waals surface area contributed by atoms with Crippen molar-refractivity contribution in [1.29, 1.82) is 0 Å². The first kappa shape index (κ1) is 21.0. The van der Waals surface area contributed by atoms with Gasteiger partial charge in [0.05, 0.1) is 0 Å². The standard InChI is InChI=1S/C22H27ClN2O2/c1-5-14(3)21(26)19-10-8-16(11-17(19)6-2)13-24-22(27)25-18-9-7-15(4)20(23)12-18/h7-12,14H,5-6,13H2,1-4H3,(H2,24,25,27). The van der Waals surface area contributed by atoms with Crippen LogP contribution in [0.15, 0.2) is 36.4 Å². The summed E-state index contributed by atoms with van der Waals surface area (Å²) in [5.41, 5.74) is 4.37. The molecule has 2 rings (SSSR count). The number of ketones is 1. The molecule has 1 atom stereocenters. The van der Waals surface area contributed by atoms with Crippen molar-refractivity contribution >= 4 is 29.1 Å². The molecule has 0 fully saturated rings. The first-order valence-corrected chi connectivity index (χ1v) is 9.70. The molecule has 2 N–H and O–H groups in total. The van der Waals surface area contributed by atoms with Crippen molar-refractivity contribution in [3.8, 4) is 0 Å². The topological polar surface area (TPSA) is 58.2 Å². The van der Waals surface area contributed by atoms with Crippen molar-refractivity contribution < 1.29 is 9.59 Å². The van der Waals surface area contributed by atoms with E-state index in [-0.39, 0.29) is 17.7 Å². The normalized spacial score (nSPS) is 11.7. The zero-order valence-corrected chi connectivity index (χ0v) is 17.1. The van der Waals surface area contributed by atoms with Crippen LogP contribution in [0.3, 0.4) is 0 Å². The number of nitrogens with one attached hydrogen (secondary N) is 2. The fraction of sp³-hybridized carbons (Fsp3) is 0.364. The highest BCUT2D eigenvalue weighted by atomic mass is 35.5. The van der Waals surface area contributed by atoms with Gasteiger partial charge in [-0.15, -0.1) is 0 Å². The Labute approximate surface area is 166 Å². The highest BCUT2D eigenvalue weighted by Gasteiger charge is 2.16. The van der Waals surface area contributed by atoms with Crippen LogP contribution in [0.5, 0.6) is 0 Å². The first-order valence-electron chi connectivity index (χ1n) is 9.32. The number of Topliss-reactive ketones (excluding diaryl/α,β-unsaturated/α-hetero) is 1. The minimum absolute atomic E-state index is 0.0198. The number of rotatable bonds is 7. The van der Waals surface area contributed by atoms with Crippen molar-refractivity contribution in [2.75, 3.05) is 5.32 Å². The predicted octanol–water partition coefficient (Wildman–Crippen LogP) is 5.76. The van der Waals surface area contributed by atoms with Crippen LogP contribution in [0, 0.1) is 12.8 Å². The fourth-order valence-electron chi connectivity index (χ4n) is 2.77. The Morgan fingerprint density at radius 2 is 1.85 bits per heavy atom. The number of hydrogen-bond donors (Lipinski definition) is 2. The molecule has 0 radical (unpaired) electrons. The van der Waals surface area contributed by atoms with E-state index in [1.165, 1.54) is 0 Å². The summed E-state index contributed by atoms with van der Waals surface area (Å²) in [6, 6.07) is 10.9. The molecule has 27 heavy (non-hydrogen) atoms. The van der Waals surface area contributed by atoms with Crippen LogP contribution in [0.4, 0.5) is 10.5 Å². The molecular formula is C22H27ClN2O2. The monoisotopic (exact) mass is 386 g/mol. The van der Waals surface area contributed by atoms with Crippen LogP contribution >= 0.6 is 11.6 Å². The number of amides is 2. The maximum absolute atomic E-state index is 12.5. The number of anilines is 1. The summed E-state index contributed by atoms with van der Waals surface area (Å²) in [4.78, 5) is 24.6. The van der Waals surface area contributed by atoms with Crippen molar-refractivity contribution in [3.63, 3.8) is 0 Å². The van der Waals surface area contributed by atoms with Gasteiger partial charge in [-0.3, -0.25) is 4.79 Å². The van der Waals surface area contributed by atoms with E-state index in [2.05, 4.69) is 10.6 Å². The van der Waals surface area contributed by atoms with Crippen LogP contribution in [0.2, 0.25) is 5.02 Å². The maximum Gasteiger partial charge on any atom is 0.319 e. The quantitative estimate of drug-likeness (QED) is 0.594. The van der Waals surface area contributed by atoms with E-state index in [0.29, 0.717) is 17.3 Å². The van der Waals surface area contributed by atoms with Gasteiger partial charge in [0.2, 0.25) is 0 Å². The van der Waals surface area contributed by atoms with Gasteiger partial charge in [0.1, 0.15) is 0 Å². The molecule has 1 unspecified atom stereocenters. The second kappa shape index (κ2) is 9.56. The first-order chi connectivity index (χ1) is 12.8. The molecule has 0 spiro atoms. The summed E-state index contributed by atoms with van der Waals surface area (Å²) in [6.45, 7) is 8.31. The van der Waals surface area contributed by atoms with Gasteiger partial charge in [-0.25, -0.2) is 4.79 Å². The molecule has 0 aromatic heterocycles. The van der Waals surface area contributed by atoms with Gasteiger partial charge < -0.3 is 10.6 Å². The molecule has 2 aromatic carbocycles. The zero-order chi connectivity index (χ0) is 20.0. The largest absolute Gasteiger partial charge is 0.334 e. The molecule has 0 bridgehead atoms. The summed E-state index contributed by atoms with van der Waals surface area (Å²) < 4.78 is 0. The van der Waals surface area contributed by atoms with Crippen LogP contribution in [0.1, 0.15) is 54.2 Å². The van der Waals surface area contributed by atoms with E-state index >= 15 is 0 Å². The minimum Gasteiger partial charge on any atom is -0.334 e. The van der Waals surface area contributed by atoms with E-state index in [1.54, 1.807) is 6.07 Å². The maximum atomic E-state index is 12.5. The highest BCUT2D eigenvalue weighted by molar-refractivity contribution is 6.31. The number of benzene rings is 2. The Balaban J connectivity index is 2.01. The molecule has 0 aliphatic rings. The highest BCUT2D eigenvalue weighted by Crippen LogP contribution is 2.20. The van der Waals surface area contributed by atoms with Crippen molar-refractivity contribution in [3.05, 3.63) is 63.7 Å². The minimum atomic E-state index is -0.298. The number of halogens is 1. The van der Waals surface area contributed by atoms with Gasteiger partial charge >= 0.3 is 6.03 Å². The lowest BCUT2D eigenvalue weighted by atomic mass is 9.91. The number of carbonyl (C=O) groups excluding carboxylic acids is 2. The van der Waals surface area contributed by atoms with Gasteiger partial charge in [-0.05, 0) is 48.6 Å². The third-order valence-corrected chi connectivity index (χ3v) is 5.17. The molecule has 0 heterocycles. The Morgan fingerprint density at radius 1 is 1.11 bits per heavy atom. The smallest absolute Gasteiger partial charge is 0.319 e.